The Hall–Kier alpha value is -2.49. The minimum Gasteiger partial charge on any atom is -0.355 e. The molecule has 0 saturated carbocycles. The van der Waals surface area contributed by atoms with E-state index in [0.717, 1.165) is 30.8 Å². The molecule has 0 aliphatic carbocycles. The molecule has 0 radical (unpaired) electrons. The van der Waals surface area contributed by atoms with Crippen LogP contribution in [0.15, 0.2) is 11.1 Å². The molecule has 0 unspecified atom stereocenters. The first-order valence-electron chi connectivity index (χ1n) is 10.6. The quantitative estimate of drug-likeness (QED) is 0.610. The van der Waals surface area contributed by atoms with Crippen LogP contribution in [0.5, 0.6) is 0 Å². The van der Waals surface area contributed by atoms with E-state index in [0.29, 0.717) is 30.0 Å². The van der Waals surface area contributed by atoms with Crippen LogP contribution in [0.1, 0.15) is 46.5 Å². The first-order valence-corrected chi connectivity index (χ1v) is 11.4. The second-order valence-corrected chi connectivity index (χ2v) is 8.93. The Bertz CT molecular complexity index is 946. The molecular weight excluding hydrogens is 404 g/mol. The molecule has 3 heterocycles. The van der Waals surface area contributed by atoms with Crippen LogP contribution in [0.3, 0.4) is 0 Å². The first kappa shape index (κ1) is 22.2. The molecule has 1 aliphatic rings. The lowest BCUT2D eigenvalue weighted by molar-refractivity contribution is -0.126. The van der Waals surface area contributed by atoms with Crippen LogP contribution in [0.25, 0.3) is 10.3 Å². The van der Waals surface area contributed by atoms with Crippen LogP contribution in [0.4, 0.5) is 5.13 Å². The lowest BCUT2D eigenvalue weighted by Crippen LogP contribution is -2.42. The van der Waals surface area contributed by atoms with E-state index in [1.165, 1.54) is 22.2 Å². The summed E-state index contributed by atoms with van der Waals surface area (Å²) in [5.74, 6) is -0.0755. The number of anilines is 1. The van der Waals surface area contributed by atoms with Crippen molar-refractivity contribution in [2.24, 2.45) is 5.92 Å². The van der Waals surface area contributed by atoms with Gasteiger partial charge in [0.2, 0.25) is 11.8 Å². The van der Waals surface area contributed by atoms with Gasteiger partial charge in [-0.2, -0.15) is 4.98 Å². The summed E-state index contributed by atoms with van der Waals surface area (Å²) in [5.41, 5.74) is 0.155. The molecule has 0 spiro atoms. The van der Waals surface area contributed by atoms with Gasteiger partial charge in [0.1, 0.15) is 17.6 Å². The van der Waals surface area contributed by atoms with Crippen LogP contribution in [-0.2, 0) is 16.1 Å². The van der Waals surface area contributed by atoms with Crippen molar-refractivity contribution in [3.8, 4) is 0 Å². The standard InChI is InChI=1S/C20H30N6O3S/c1-4-5-8-21-15(27)11-26-12-22-17-16(19(26)29)30-20(24-17)25-9-6-14(7-10-25)18(28)23-13(2)3/h12-14H,4-11H2,1-3H3,(H,21,27)(H,23,28). The Labute approximate surface area is 179 Å². The minimum absolute atomic E-state index is 0.0135. The van der Waals surface area contributed by atoms with Gasteiger partial charge in [-0.3, -0.25) is 19.0 Å². The van der Waals surface area contributed by atoms with Crippen LogP contribution in [0.2, 0.25) is 0 Å². The number of unbranched alkanes of at least 4 members (excludes halogenated alkanes) is 1. The normalized spacial score (nSPS) is 15.0. The molecule has 2 aromatic heterocycles. The van der Waals surface area contributed by atoms with E-state index in [4.69, 9.17) is 0 Å². The Morgan fingerprint density at radius 1 is 1.30 bits per heavy atom. The Kier molecular flexibility index (Phi) is 7.41. The number of hydrogen-bond acceptors (Lipinski definition) is 7. The molecule has 2 aromatic rings. The number of nitrogens with one attached hydrogen (secondary N) is 2. The molecule has 0 bridgehead atoms. The third-order valence-electron chi connectivity index (χ3n) is 5.11. The summed E-state index contributed by atoms with van der Waals surface area (Å²) in [7, 11) is 0. The highest BCUT2D eigenvalue weighted by atomic mass is 32.1. The van der Waals surface area contributed by atoms with Gasteiger partial charge >= 0.3 is 0 Å². The van der Waals surface area contributed by atoms with Crippen molar-refractivity contribution >= 4 is 38.6 Å². The average Bonchev–Trinajstić information content (AvgIpc) is 3.15. The smallest absolute Gasteiger partial charge is 0.273 e. The van der Waals surface area contributed by atoms with Gasteiger partial charge in [0, 0.05) is 31.6 Å². The number of fused-ring (bicyclic) bond motifs is 1. The molecule has 3 rings (SSSR count). The second-order valence-electron chi connectivity index (χ2n) is 7.95. The summed E-state index contributed by atoms with van der Waals surface area (Å²) in [6.07, 6.45) is 4.80. The summed E-state index contributed by atoms with van der Waals surface area (Å²) >= 11 is 1.30. The Morgan fingerprint density at radius 2 is 2.03 bits per heavy atom. The lowest BCUT2D eigenvalue weighted by Gasteiger charge is -2.31. The number of piperidine rings is 1. The molecule has 164 valence electrons. The third-order valence-corrected chi connectivity index (χ3v) is 6.20. The summed E-state index contributed by atoms with van der Waals surface area (Å²) in [6.45, 7) is 7.96. The van der Waals surface area contributed by atoms with E-state index in [-0.39, 0.29) is 35.9 Å². The Morgan fingerprint density at radius 3 is 2.70 bits per heavy atom. The van der Waals surface area contributed by atoms with Crippen molar-refractivity contribution in [2.45, 2.75) is 59.0 Å². The van der Waals surface area contributed by atoms with Gasteiger partial charge in [0.25, 0.3) is 5.56 Å². The monoisotopic (exact) mass is 434 g/mol. The van der Waals surface area contributed by atoms with E-state index in [1.54, 1.807) is 0 Å². The fourth-order valence-corrected chi connectivity index (χ4v) is 4.45. The highest BCUT2D eigenvalue weighted by Crippen LogP contribution is 2.29. The van der Waals surface area contributed by atoms with Crippen molar-refractivity contribution in [3.63, 3.8) is 0 Å². The molecule has 0 aromatic carbocycles. The molecule has 10 heteroatoms. The van der Waals surface area contributed by atoms with Gasteiger partial charge in [-0.1, -0.05) is 24.7 Å². The summed E-state index contributed by atoms with van der Waals surface area (Å²) < 4.78 is 1.78. The number of carbonyl (C=O) groups is 2. The molecule has 9 nitrogen and oxygen atoms in total. The van der Waals surface area contributed by atoms with Gasteiger partial charge in [0.15, 0.2) is 10.8 Å². The maximum atomic E-state index is 12.8. The van der Waals surface area contributed by atoms with Gasteiger partial charge in [-0.05, 0) is 33.1 Å². The second kappa shape index (κ2) is 10.0. The van der Waals surface area contributed by atoms with Crippen LogP contribution < -0.4 is 21.1 Å². The average molecular weight is 435 g/mol. The number of amides is 2. The van der Waals surface area contributed by atoms with E-state index < -0.39 is 0 Å². The summed E-state index contributed by atoms with van der Waals surface area (Å²) in [4.78, 5) is 47.9. The van der Waals surface area contributed by atoms with E-state index >= 15 is 0 Å². The number of nitrogens with zero attached hydrogens (tertiary/aromatic N) is 4. The zero-order valence-electron chi connectivity index (χ0n) is 17.8. The minimum atomic E-state index is -0.249. The molecular formula is C20H30N6O3S. The van der Waals surface area contributed by atoms with Crippen molar-refractivity contribution in [1.29, 1.82) is 0 Å². The van der Waals surface area contributed by atoms with Crippen molar-refractivity contribution < 1.29 is 9.59 Å². The number of hydrogen-bond donors (Lipinski definition) is 2. The summed E-state index contributed by atoms with van der Waals surface area (Å²) in [6, 6.07) is 0.141. The zero-order valence-corrected chi connectivity index (χ0v) is 18.6. The van der Waals surface area contributed by atoms with Crippen LogP contribution >= 0.6 is 11.3 Å². The number of carbonyl (C=O) groups excluding carboxylic acids is 2. The molecule has 1 saturated heterocycles. The van der Waals surface area contributed by atoms with Crippen molar-refractivity contribution in [2.75, 3.05) is 24.5 Å². The third kappa shape index (κ3) is 5.35. The van der Waals surface area contributed by atoms with Crippen LogP contribution in [-0.4, -0.2) is 52.0 Å². The van der Waals surface area contributed by atoms with Crippen molar-refractivity contribution in [1.82, 2.24) is 25.2 Å². The number of aromatic nitrogens is 3. The highest BCUT2D eigenvalue weighted by molar-refractivity contribution is 7.22. The lowest BCUT2D eigenvalue weighted by atomic mass is 9.96. The number of thiazole rings is 1. The van der Waals surface area contributed by atoms with Gasteiger partial charge in [-0.15, -0.1) is 0 Å². The van der Waals surface area contributed by atoms with E-state index in [1.807, 2.05) is 13.8 Å². The molecule has 0 atom stereocenters. The zero-order chi connectivity index (χ0) is 21.7. The molecule has 1 fully saturated rings. The van der Waals surface area contributed by atoms with Gasteiger partial charge in [0.05, 0.1) is 0 Å². The van der Waals surface area contributed by atoms with Gasteiger partial charge < -0.3 is 15.5 Å². The maximum absolute atomic E-state index is 12.8. The largest absolute Gasteiger partial charge is 0.355 e. The molecule has 2 amide bonds. The Balaban J connectivity index is 1.66. The van der Waals surface area contributed by atoms with E-state index in [9.17, 15) is 14.4 Å². The SMILES string of the molecule is CCCCNC(=O)Cn1cnc2nc(N3CCC(C(=O)NC(C)C)CC3)sc2c1=O. The van der Waals surface area contributed by atoms with Gasteiger partial charge in [-0.25, -0.2) is 4.98 Å². The first-order chi connectivity index (χ1) is 14.4. The van der Waals surface area contributed by atoms with Crippen LogP contribution in [0, 0.1) is 5.92 Å². The maximum Gasteiger partial charge on any atom is 0.273 e. The highest BCUT2D eigenvalue weighted by Gasteiger charge is 2.27. The molecule has 2 N–H and O–H groups in total. The molecule has 30 heavy (non-hydrogen) atoms. The fraction of sp³-hybridized carbons (Fsp3) is 0.650. The van der Waals surface area contributed by atoms with Crippen molar-refractivity contribution in [3.05, 3.63) is 16.7 Å². The van der Waals surface area contributed by atoms with E-state index in [2.05, 4.69) is 32.4 Å². The number of rotatable bonds is 8. The predicted octanol–water partition coefficient (Wildman–Crippen LogP) is 1.51. The fourth-order valence-electron chi connectivity index (χ4n) is 3.43. The summed E-state index contributed by atoms with van der Waals surface area (Å²) in [5, 5.41) is 6.52. The molecule has 1 aliphatic heterocycles. The topological polar surface area (TPSA) is 109 Å². The predicted molar refractivity (Wildman–Crippen MR) is 118 cm³/mol.